The second kappa shape index (κ2) is 3.95. The Morgan fingerprint density at radius 1 is 1.47 bits per heavy atom. The maximum absolute atomic E-state index is 12.2. The number of Topliss-reactive ketones (excluding diaryl/α,β-unsaturated/α-hetero) is 1. The van der Waals surface area contributed by atoms with Crippen molar-refractivity contribution < 1.29 is 9.59 Å². The lowest BCUT2D eigenvalue weighted by Gasteiger charge is -2.20. The number of rotatable bonds is 2. The molecule has 17 heavy (non-hydrogen) atoms. The van der Waals surface area contributed by atoms with Crippen molar-refractivity contribution in [2.75, 3.05) is 17.3 Å². The maximum atomic E-state index is 12.2. The fourth-order valence-corrected chi connectivity index (χ4v) is 2.76. The second-order valence-corrected chi connectivity index (χ2v) is 5.18. The molecule has 1 atom stereocenters. The number of hydrogen-bond donors (Lipinski definition) is 0. The number of hydrogen-bond acceptors (Lipinski definition) is 2. The fraction of sp³-hybridized carbons (Fsp3) is 0.385. The Morgan fingerprint density at radius 2 is 2.12 bits per heavy atom. The summed E-state index contributed by atoms with van der Waals surface area (Å²) in [6.45, 7) is 3.43. The summed E-state index contributed by atoms with van der Waals surface area (Å²) in [6.07, 6.45) is 0. The number of carbonyl (C=O) groups is 2. The third kappa shape index (κ3) is 1.62. The first kappa shape index (κ1) is 12.3. The predicted molar refractivity (Wildman–Crippen MR) is 71.0 cm³/mol. The highest BCUT2D eigenvalue weighted by atomic mass is 79.9. The lowest BCUT2D eigenvalue weighted by molar-refractivity contribution is -0.121. The van der Waals surface area contributed by atoms with Gasteiger partial charge in [-0.1, -0.05) is 15.9 Å². The van der Waals surface area contributed by atoms with Crippen LogP contribution in [0.4, 0.5) is 5.69 Å². The van der Waals surface area contributed by atoms with Gasteiger partial charge in [-0.3, -0.25) is 9.59 Å². The van der Waals surface area contributed by atoms with Crippen LogP contribution < -0.4 is 4.90 Å². The predicted octanol–water partition coefficient (Wildman–Crippen LogP) is 2.52. The molecule has 4 heteroatoms. The number of halogens is 1. The first-order valence-corrected chi connectivity index (χ1v) is 6.53. The number of benzene rings is 1. The fourth-order valence-electron chi connectivity index (χ4n) is 2.21. The molecule has 0 fully saturated rings. The first-order chi connectivity index (χ1) is 7.91. The Morgan fingerprint density at radius 3 is 2.65 bits per heavy atom. The van der Waals surface area contributed by atoms with Crippen molar-refractivity contribution in [2.45, 2.75) is 19.3 Å². The molecule has 0 saturated heterocycles. The van der Waals surface area contributed by atoms with Crippen LogP contribution in [0.25, 0.3) is 0 Å². The van der Waals surface area contributed by atoms with E-state index in [1.807, 2.05) is 19.1 Å². The summed E-state index contributed by atoms with van der Waals surface area (Å²) in [5, 5.41) is 0.553. The quantitative estimate of drug-likeness (QED) is 0.621. The van der Waals surface area contributed by atoms with Crippen molar-refractivity contribution in [3.05, 3.63) is 29.3 Å². The minimum atomic E-state index is -0.574. The highest BCUT2D eigenvalue weighted by molar-refractivity contribution is 9.09. The Balaban J connectivity index is 2.65. The lowest BCUT2D eigenvalue weighted by Crippen LogP contribution is -2.37. The van der Waals surface area contributed by atoms with E-state index >= 15 is 0 Å². The molecule has 2 rings (SSSR count). The van der Waals surface area contributed by atoms with Crippen LogP contribution in [0.1, 0.15) is 29.8 Å². The molecule has 1 unspecified atom stereocenters. The van der Waals surface area contributed by atoms with Crippen LogP contribution in [0.5, 0.6) is 0 Å². The van der Waals surface area contributed by atoms with Crippen LogP contribution in [0, 0.1) is 0 Å². The van der Waals surface area contributed by atoms with Gasteiger partial charge in [0.25, 0.3) is 0 Å². The Kier molecular flexibility index (Phi) is 2.86. The normalized spacial score (nSPS) is 22.8. The minimum absolute atomic E-state index is 0.0201. The molecule has 1 heterocycles. The van der Waals surface area contributed by atoms with E-state index in [2.05, 4.69) is 15.9 Å². The average Bonchev–Trinajstić information content (AvgIpc) is 2.52. The maximum Gasteiger partial charge on any atom is 0.238 e. The summed E-state index contributed by atoms with van der Waals surface area (Å²) in [5.41, 5.74) is 1.89. The number of amides is 1. The van der Waals surface area contributed by atoms with Gasteiger partial charge >= 0.3 is 0 Å². The van der Waals surface area contributed by atoms with Crippen molar-refractivity contribution in [1.82, 2.24) is 0 Å². The van der Waals surface area contributed by atoms with Gasteiger partial charge in [0.05, 0.1) is 5.41 Å². The first-order valence-electron chi connectivity index (χ1n) is 5.41. The van der Waals surface area contributed by atoms with Gasteiger partial charge in [-0.15, -0.1) is 0 Å². The van der Waals surface area contributed by atoms with Crippen LogP contribution in [0.15, 0.2) is 18.2 Å². The minimum Gasteiger partial charge on any atom is -0.314 e. The topological polar surface area (TPSA) is 37.4 Å². The molecule has 1 aromatic rings. The summed E-state index contributed by atoms with van der Waals surface area (Å²) in [5.74, 6) is 0.0804. The smallest absolute Gasteiger partial charge is 0.238 e. The summed E-state index contributed by atoms with van der Waals surface area (Å²) in [6, 6.07) is 5.45. The molecular weight excluding hydrogens is 282 g/mol. The van der Waals surface area contributed by atoms with Gasteiger partial charge in [-0.25, -0.2) is 0 Å². The number of anilines is 1. The summed E-state index contributed by atoms with van der Waals surface area (Å²) in [7, 11) is 1.77. The lowest BCUT2D eigenvalue weighted by atomic mass is 9.85. The zero-order valence-electron chi connectivity index (χ0n) is 10.1. The largest absolute Gasteiger partial charge is 0.314 e. The number of carbonyl (C=O) groups excluding carboxylic acids is 2. The molecule has 0 N–H and O–H groups in total. The van der Waals surface area contributed by atoms with Crippen molar-refractivity contribution in [1.29, 1.82) is 0 Å². The van der Waals surface area contributed by atoms with E-state index in [0.717, 1.165) is 11.3 Å². The van der Waals surface area contributed by atoms with Gasteiger partial charge in [0, 0.05) is 23.6 Å². The Bertz CT molecular complexity index is 512. The van der Waals surface area contributed by atoms with Gasteiger partial charge < -0.3 is 4.90 Å². The standard InChI is InChI=1S/C13H14BrNO2/c1-8(16)9-4-5-11-10(6-9)13(2,7-14)12(17)15(11)3/h4-6H,7H2,1-3H3. The monoisotopic (exact) mass is 295 g/mol. The highest BCUT2D eigenvalue weighted by Gasteiger charge is 2.45. The molecule has 0 aliphatic carbocycles. The molecule has 0 aromatic heterocycles. The Hall–Kier alpha value is -1.16. The van der Waals surface area contributed by atoms with Gasteiger partial charge in [-0.2, -0.15) is 0 Å². The third-order valence-electron chi connectivity index (χ3n) is 3.40. The van der Waals surface area contributed by atoms with Crippen LogP contribution >= 0.6 is 15.9 Å². The molecule has 90 valence electrons. The molecule has 1 amide bonds. The number of nitrogens with zero attached hydrogens (tertiary/aromatic N) is 1. The van der Waals surface area contributed by atoms with Crippen LogP contribution in [0.2, 0.25) is 0 Å². The number of fused-ring (bicyclic) bond motifs is 1. The highest BCUT2D eigenvalue weighted by Crippen LogP contribution is 2.42. The summed E-state index contributed by atoms with van der Waals surface area (Å²) >= 11 is 3.40. The molecule has 1 aromatic carbocycles. The second-order valence-electron chi connectivity index (χ2n) is 4.62. The average molecular weight is 296 g/mol. The molecule has 3 nitrogen and oxygen atoms in total. The third-order valence-corrected chi connectivity index (χ3v) is 4.52. The van der Waals surface area contributed by atoms with Crippen molar-refractivity contribution >= 4 is 33.3 Å². The van der Waals surface area contributed by atoms with Crippen molar-refractivity contribution in [2.24, 2.45) is 0 Å². The van der Waals surface area contributed by atoms with E-state index in [0.29, 0.717) is 10.9 Å². The summed E-state index contributed by atoms with van der Waals surface area (Å²) < 4.78 is 0. The molecule has 0 spiro atoms. The van der Waals surface area contributed by atoms with E-state index in [9.17, 15) is 9.59 Å². The van der Waals surface area contributed by atoms with E-state index in [-0.39, 0.29) is 11.7 Å². The van der Waals surface area contributed by atoms with Crippen LogP contribution in [-0.2, 0) is 10.2 Å². The van der Waals surface area contributed by atoms with Crippen molar-refractivity contribution in [3.8, 4) is 0 Å². The van der Waals surface area contributed by atoms with Crippen molar-refractivity contribution in [3.63, 3.8) is 0 Å². The van der Waals surface area contributed by atoms with E-state index in [1.165, 1.54) is 6.92 Å². The van der Waals surface area contributed by atoms with E-state index in [4.69, 9.17) is 0 Å². The molecular formula is C13H14BrNO2. The number of ketones is 1. The Labute approximate surface area is 109 Å². The van der Waals surface area contributed by atoms with Crippen LogP contribution in [-0.4, -0.2) is 24.1 Å². The zero-order valence-corrected chi connectivity index (χ0v) is 11.7. The molecule has 0 radical (unpaired) electrons. The van der Waals surface area contributed by atoms with Gasteiger partial charge in [0.1, 0.15) is 0 Å². The van der Waals surface area contributed by atoms with Gasteiger partial charge in [0.15, 0.2) is 5.78 Å². The molecule has 0 saturated carbocycles. The van der Waals surface area contributed by atoms with Gasteiger partial charge in [-0.05, 0) is 37.6 Å². The molecule has 0 bridgehead atoms. The molecule has 1 aliphatic rings. The number of alkyl halides is 1. The molecule has 1 aliphatic heterocycles. The zero-order chi connectivity index (χ0) is 12.8. The van der Waals surface area contributed by atoms with Gasteiger partial charge in [0.2, 0.25) is 5.91 Å². The van der Waals surface area contributed by atoms with E-state index < -0.39 is 5.41 Å². The number of likely N-dealkylation sites (N-methyl/N-ethyl adjacent to an activating group) is 1. The summed E-state index contributed by atoms with van der Waals surface area (Å²) in [4.78, 5) is 25.3. The SMILES string of the molecule is CC(=O)c1ccc2c(c1)C(C)(CBr)C(=O)N2C. The van der Waals surface area contributed by atoms with Crippen LogP contribution in [0.3, 0.4) is 0 Å². The van der Waals surface area contributed by atoms with E-state index in [1.54, 1.807) is 18.0 Å².